The first-order valence-corrected chi connectivity index (χ1v) is 5.26. The Labute approximate surface area is 98.2 Å². The first kappa shape index (κ1) is 9.72. The van der Waals surface area contributed by atoms with Crippen molar-refractivity contribution in [1.82, 2.24) is 15.0 Å². The number of nitrogens with zero attached hydrogens (tertiary/aromatic N) is 3. The molecule has 17 heavy (non-hydrogen) atoms. The number of hydrogen-bond donors (Lipinski definition) is 1. The summed E-state index contributed by atoms with van der Waals surface area (Å²) in [5, 5.41) is 0.937. The van der Waals surface area contributed by atoms with Gasteiger partial charge in [-0.15, -0.1) is 0 Å². The average molecular weight is 222 g/mol. The summed E-state index contributed by atoms with van der Waals surface area (Å²) in [6.07, 6.45) is 3.50. The summed E-state index contributed by atoms with van der Waals surface area (Å²) >= 11 is 0. The van der Waals surface area contributed by atoms with Crippen molar-refractivity contribution in [3.05, 3.63) is 48.8 Å². The number of benzene rings is 1. The van der Waals surface area contributed by atoms with Gasteiger partial charge in [-0.3, -0.25) is 0 Å². The number of rotatable bonds is 1. The molecule has 0 amide bonds. The molecule has 0 unspecified atom stereocenters. The lowest BCUT2D eigenvalue weighted by atomic mass is 10.2. The highest BCUT2D eigenvalue weighted by atomic mass is 14.9. The van der Waals surface area contributed by atoms with Crippen LogP contribution in [0.25, 0.3) is 22.4 Å². The van der Waals surface area contributed by atoms with Gasteiger partial charge >= 0.3 is 0 Å². The molecule has 0 atom stereocenters. The van der Waals surface area contributed by atoms with E-state index in [2.05, 4.69) is 15.0 Å². The smallest absolute Gasteiger partial charge is 0.163 e. The zero-order valence-corrected chi connectivity index (χ0v) is 9.04. The number of nitrogens with two attached hydrogens (primary N) is 1. The number of fused-ring (bicyclic) bond motifs is 1. The Hall–Kier alpha value is -2.49. The monoisotopic (exact) mass is 222 g/mol. The first-order chi connectivity index (χ1) is 8.33. The van der Waals surface area contributed by atoms with Gasteiger partial charge in [-0.25, -0.2) is 15.0 Å². The van der Waals surface area contributed by atoms with Gasteiger partial charge in [0.05, 0.1) is 0 Å². The third kappa shape index (κ3) is 1.80. The van der Waals surface area contributed by atoms with Crippen molar-refractivity contribution in [2.75, 3.05) is 5.73 Å². The fourth-order valence-corrected chi connectivity index (χ4v) is 1.63. The number of anilines is 1. The van der Waals surface area contributed by atoms with E-state index in [0.717, 1.165) is 16.6 Å². The largest absolute Gasteiger partial charge is 0.399 e. The summed E-state index contributed by atoms with van der Waals surface area (Å²) < 4.78 is 0. The Kier molecular flexibility index (Phi) is 2.19. The van der Waals surface area contributed by atoms with Crippen molar-refractivity contribution in [2.45, 2.75) is 0 Å². The van der Waals surface area contributed by atoms with Gasteiger partial charge in [0.15, 0.2) is 11.5 Å². The third-order valence-electron chi connectivity index (χ3n) is 2.52. The summed E-state index contributed by atoms with van der Waals surface area (Å²) in [5.41, 5.74) is 8.01. The lowest BCUT2D eigenvalue weighted by molar-refractivity contribution is 1.19. The van der Waals surface area contributed by atoms with Crippen molar-refractivity contribution in [2.24, 2.45) is 0 Å². The molecule has 2 aromatic heterocycles. The van der Waals surface area contributed by atoms with E-state index in [4.69, 9.17) is 5.73 Å². The van der Waals surface area contributed by atoms with Crippen LogP contribution in [0.3, 0.4) is 0 Å². The fraction of sp³-hybridized carbons (Fsp3) is 0. The molecule has 2 heterocycles. The van der Waals surface area contributed by atoms with E-state index in [-0.39, 0.29) is 0 Å². The molecule has 0 spiro atoms. The molecular formula is C13H10N4. The van der Waals surface area contributed by atoms with Crippen LogP contribution >= 0.6 is 0 Å². The van der Waals surface area contributed by atoms with Gasteiger partial charge in [0.2, 0.25) is 0 Å². The van der Waals surface area contributed by atoms with Gasteiger partial charge in [-0.05, 0) is 36.4 Å². The van der Waals surface area contributed by atoms with Gasteiger partial charge in [0, 0.05) is 29.0 Å². The van der Waals surface area contributed by atoms with Crippen LogP contribution in [0.4, 0.5) is 5.69 Å². The van der Waals surface area contributed by atoms with Gasteiger partial charge in [-0.2, -0.15) is 0 Å². The number of pyridine rings is 1. The zero-order valence-electron chi connectivity index (χ0n) is 9.04. The fourth-order valence-electron chi connectivity index (χ4n) is 1.63. The van der Waals surface area contributed by atoms with Crippen LogP contribution < -0.4 is 5.73 Å². The van der Waals surface area contributed by atoms with Crippen molar-refractivity contribution in [3.63, 3.8) is 0 Å². The highest BCUT2D eigenvalue weighted by Crippen LogP contribution is 2.18. The predicted octanol–water partition coefficient (Wildman–Crippen LogP) is 2.27. The maximum atomic E-state index is 5.64. The molecule has 2 N–H and O–H groups in total. The molecule has 0 saturated carbocycles. The molecule has 0 aliphatic rings. The lowest BCUT2D eigenvalue weighted by Crippen LogP contribution is -1.92. The van der Waals surface area contributed by atoms with Crippen molar-refractivity contribution >= 4 is 16.7 Å². The minimum atomic E-state index is 0.663. The van der Waals surface area contributed by atoms with E-state index in [0.29, 0.717) is 11.5 Å². The van der Waals surface area contributed by atoms with Gasteiger partial charge in [-0.1, -0.05) is 0 Å². The van der Waals surface area contributed by atoms with E-state index in [1.54, 1.807) is 12.4 Å². The highest BCUT2D eigenvalue weighted by Gasteiger charge is 2.02. The molecule has 3 aromatic rings. The second-order valence-corrected chi connectivity index (χ2v) is 3.73. The summed E-state index contributed by atoms with van der Waals surface area (Å²) in [6.45, 7) is 0. The number of hydrogen-bond acceptors (Lipinski definition) is 4. The van der Waals surface area contributed by atoms with Crippen molar-refractivity contribution in [3.8, 4) is 11.4 Å². The van der Waals surface area contributed by atoms with Crippen LogP contribution in [-0.4, -0.2) is 15.0 Å². The predicted molar refractivity (Wildman–Crippen MR) is 67.2 cm³/mol. The normalized spacial score (nSPS) is 10.6. The maximum absolute atomic E-state index is 5.64. The summed E-state index contributed by atoms with van der Waals surface area (Å²) in [4.78, 5) is 12.9. The molecule has 0 aliphatic carbocycles. The minimum Gasteiger partial charge on any atom is -0.399 e. The second-order valence-electron chi connectivity index (χ2n) is 3.73. The molecule has 0 fully saturated rings. The van der Waals surface area contributed by atoms with E-state index in [1.807, 2.05) is 36.4 Å². The first-order valence-electron chi connectivity index (χ1n) is 5.26. The number of aromatic nitrogens is 3. The summed E-state index contributed by atoms with van der Waals surface area (Å²) in [5.74, 6) is 0.663. The van der Waals surface area contributed by atoms with E-state index in [9.17, 15) is 0 Å². The molecule has 0 radical (unpaired) electrons. The minimum absolute atomic E-state index is 0.663. The van der Waals surface area contributed by atoms with Crippen LogP contribution in [0, 0.1) is 0 Å². The van der Waals surface area contributed by atoms with Crippen LogP contribution in [0.15, 0.2) is 48.8 Å². The van der Waals surface area contributed by atoms with Gasteiger partial charge in [0.25, 0.3) is 0 Å². The molecular weight excluding hydrogens is 212 g/mol. The summed E-state index contributed by atoms with van der Waals surface area (Å²) in [7, 11) is 0. The SMILES string of the molecule is Nc1ccc(-c2ncc3cccnc3n2)cc1. The van der Waals surface area contributed by atoms with E-state index >= 15 is 0 Å². The molecule has 0 aliphatic heterocycles. The Balaban J connectivity index is 2.14. The van der Waals surface area contributed by atoms with Crippen molar-refractivity contribution < 1.29 is 0 Å². The Bertz CT molecular complexity index is 662. The zero-order chi connectivity index (χ0) is 11.7. The Morgan fingerprint density at radius 3 is 2.59 bits per heavy atom. The van der Waals surface area contributed by atoms with Crippen molar-refractivity contribution in [1.29, 1.82) is 0 Å². The topological polar surface area (TPSA) is 64.7 Å². The Morgan fingerprint density at radius 2 is 1.76 bits per heavy atom. The third-order valence-corrected chi connectivity index (χ3v) is 2.52. The van der Waals surface area contributed by atoms with Crippen LogP contribution in [0.5, 0.6) is 0 Å². The van der Waals surface area contributed by atoms with Crippen LogP contribution in [0.2, 0.25) is 0 Å². The molecule has 0 saturated heterocycles. The Morgan fingerprint density at radius 1 is 0.941 bits per heavy atom. The quantitative estimate of drug-likeness (QED) is 0.641. The standard InChI is InChI=1S/C13H10N4/c14-11-5-3-9(4-6-11)12-16-8-10-2-1-7-15-13(10)17-12/h1-8H,14H2. The van der Waals surface area contributed by atoms with Crippen LogP contribution in [-0.2, 0) is 0 Å². The number of nitrogen functional groups attached to an aromatic ring is 1. The molecule has 3 rings (SSSR count). The maximum Gasteiger partial charge on any atom is 0.163 e. The van der Waals surface area contributed by atoms with Crippen LogP contribution in [0.1, 0.15) is 0 Å². The molecule has 4 nitrogen and oxygen atoms in total. The second kappa shape index (κ2) is 3.83. The van der Waals surface area contributed by atoms with E-state index in [1.165, 1.54) is 0 Å². The average Bonchev–Trinajstić information content (AvgIpc) is 2.39. The van der Waals surface area contributed by atoms with Gasteiger partial charge in [0.1, 0.15) is 0 Å². The highest BCUT2D eigenvalue weighted by molar-refractivity contribution is 5.75. The molecule has 0 bridgehead atoms. The lowest BCUT2D eigenvalue weighted by Gasteiger charge is -2.01. The summed E-state index contributed by atoms with van der Waals surface area (Å²) in [6, 6.07) is 11.3. The molecule has 82 valence electrons. The molecule has 1 aromatic carbocycles. The van der Waals surface area contributed by atoms with E-state index < -0.39 is 0 Å². The van der Waals surface area contributed by atoms with Gasteiger partial charge < -0.3 is 5.73 Å². The molecule has 4 heteroatoms.